The highest BCUT2D eigenvalue weighted by molar-refractivity contribution is 6.06. The topological polar surface area (TPSA) is 70.2 Å². The van der Waals surface area contributed by atoms with Crippen molar-refractivity contribution in [1.82, 2.24) is 0 Å². The third-order valence-electron chi connectivity index (χ3n) is 5.76. The van der Waals surface area contributed by atoms with Crippen LogP contribution in [0.25, 0.3) is 21.9 Å². The predicted octanol–water partition coefficient (Wildman–Crippen LogP) is 2.64. The van der Waals surface area contributed by atoms with Crippen LogP contribution in [-0.4, -0.2) is 43.7 Å². The maximum Gasteiger partial charge on any atom is 0.279 e. The van der Waals surface area contributed by atoms with Gasteiger partial charge < -0.3 is 24.6 Å². The molecule has 2 heterocycles. The highest BCUT2D eigenvalue weighted by Crippen LogP contribution is 2.30. The van der Waals surface area contributed by atoms with Crippen LogP contribution in [0.15, 0.2) is 71.1 Å². The number of carbonyl (C=O) groups excluding carboxylic acids is 1. The SMILES string of the molecule is O=C(C[NH+]1CCN(c2ccc(O)cc2)CC1)Nc1ccc2oc3ccccc3c2c1. The molecular weight excluding hydrogens is 378 g/mol. The van der Waals surface area contributed by atoms with Crippen molar-refractivity contribution in [3.8, 4) is 5.75 Å². The van der Waals surface area contributed by atoms with Gasteiger partial charge in [0, 0.05) is 22.1 Å². The van der Waals surface area contributed by atoms with Crippen LogP contribution in [0.1, 0.15) is 0 Å². The molecule has 0 saturated carbocycles. The van der Waals surface area contributed by atoms with E-state index in [0.717, 1.165) is 59.5 Å². The number of carbonyl (C=O) groups is 1. The van der Waals surface area contributed by atoms with Gasteiger partial charge in [0.2, 0.25) is 0 Å². The summed E-state index contributed by atoms with van der Waals surface area (Å²) in [6, 6.07) is 21.0. The van der Waals surface area contributed by atoms with Gasteiger partial charge in [-0.15, -0.1) is 0 Å². The number of phenolic OH excluding ortho intramolecular Hbond substituents is 1. The van der Waals surface area contributed by atoms with Gasteiger partial charge in [-0.2, -0.15) is 0 Å². The normalized spacial score (nSPS) is 15.0. The molecule has 1 aromatic heterocycles. The number of fused-ring (bicyclic) bond motifs is 3. The van der Waals surface area contributed by atoms with E-state index in [2.05, 4.69) is 10.2 Å². The highest BCUT2D eigenvalue weighted by atomic mass is 16.3. The molecule has 1 aliphatic heterocycles. The largest absolute Gasteiger partial charge is 0.508 e. The molecule has 30 heavy (non-hydrogen) atoms. The van der Waals surface area contributed by atoms with Gasteiger partial charge >= 0.3 is 0 Å². The van der Waals surface area contributed by atoms with Crippen molar-refractivity contribution in [3.05, 3.63) is 66.7 Å². The first-order valence-electron chi connectivity index (χ1n) is 10.2. The number of aromatic hydroxyl groups is 1. The fourth-order valence-corrected chi connectivity index (χ4v) is 4.16. The molecule has 0 bridgehead atoms. The summed E-state index contributed by atoms with van der Waals surface area (Å²) in [5.41, 5.74) is 3.58. The zero-order valence-corrected chi connectivity index (χ0v) is 16.6. The number of benzene rings is 3. The lowest BCUT2D eigenvalue weighted by molar-refractivity contribution is -0.892. The lowest BCUT2D eigenvalue weighted by Gasteiger charge is -2.33. The number of nitrogens with one attached hydrogen (secondary N) is 2. The second kappa shape index (κ2) is 7.72. The summed E-state index contributed by atoms with van der Waals surface area (Å²) < 4.78 is 5.85. The van der Waals surface area contributed by atoms with E-state index < -0.39 is 0 Å². The summed E-state index contributed by atoms with van der Waals surface area (Å²) in [6.07, 6.45) is 0. The maximum absolute atomic E-state index is 12.6. The average molecular weight is 402 g/mol. The van der Waals surface area contributed by atoms with E-state index in [4.69, 9.17) is 4.42 Å². The van der Waals surface area contributed by atoms with E-state index in [1.807, 2.05) is 54.6 Å². The monoisotopic (exact) mass is 402 g/mol. The van der Waals surface area contributed by atoms with Gasteiger partial charge in [-0.3, -0.25) is 4.79 Å². The average Bonchev–Trinajstić information content (AvgIpc) is 3.13. The van der Waals surface area contributed by atoms with Crippen molar-refractivity contribution in [2.45, 2.75) is 0 Å². The summed E-state index contributed by atoms with van der Waals surface area (Å²) in [6.45, 7) is 4.04. The molecule has 0 atom stereocenters. The van der Waals surface area contributed by atoms with Crippen LogP contribution in [0.5, 0.6) is 5.75 Å². The first-order valence-corrected chi connectivity index (χ1v) is 10.2. The van der Waals surface area contributed by atoms with Crippen molar-refractivity contribution in [2.75, 3.05) is 42.9 Å². The van der Waals surface area contributed by atoms with Crippen molar-refractivity contribution >= 4 is 39.2 Å². The maximum atomic E-state index is 12.6. The number of hydrogen-bond acceptors (Lipinski definition) is 4. The van der Waals surface area contributed by atoms with Gasteiger partial charge in [-0.05, 0) is 48.5 Å². The molecule has 6 nitrogen and oxygen atoms in total. The number of piperazine rings is 1. The Morgan fingerprint density at radius 2 is 1.70 bits per heavy atom. The Morgan fingerprint density at radius 1 is 0.967 bits per heavy atom. The minimum Gasteiger partial charge on any atom is -0.508 e. The van der Waals surface area contributed by atoms with Crippen LogP contribution in [0, 0.1) is 0 Å². The van der Waals surface area contributed by atoms with E-state index >= 15 is 0 Å². The van der Waals surface area contributed by atoms with Crippen molar-refractivity contribution in [2.24, 2.45) is 0 Å². The number of phenols is 1. The smallest absolute Gasteiger partial charge is 0.279 e. The second-order valence-corrected chi connectivity index (χ2v) is 7.79. The van der Waals surface area contributed by atoms with E-state index in [9.17, 15) is 9.90 Å². The van der Waals surface area contributed by atoms with Crippen molar-refractivity contribution in [3.63, 3.8) is 0 Å². The van der Waals surface area contributed by atoms with E-state index in [1.165, 1.54) is 4.90 Å². The molecule has 3 aromatic carbocycles. The first-order chi connectivity index (χ1) is 14.7. The Bertz CT molecular complexity index is 1190. The molecule has 0 radical (unpaired) electrons. The number of amides is 1. The number of nitrogens with zero attached hydrogens (tertiary/aromatic N) is 1. The number of quaternary nitrogens is 1. The van der Waals surface area contributed by atoms with Gasteiger partial charge in [0.25, 0.3) is 5.91 Å². The molecule has 1 saturated heterocycles. The lowest BCUT2D eigenvalue weighted by atomic mass is 10.1. The molecular formula is C24H24N3O3+. The van der Waals surface area contributed by atoms with E-state index in [1.54, 1.807) is 12.1 Å². The number of furan rings is 1. The number of para-hydroxylation sites is 1. The van der Waals surface area contributed by atoms with Gasteiger partial charge in [0.05, 0.1) is 26.2 Å². The minimum absolute atomic E-state index is 0.0234. The molecule has 0 spiro atoms. The summed E-state index contributed by atoms with van der Waals surface area (Å²) in [5.74, 6) is 0.302. The zero-order valence-electron chi connectivity index (χ0n) is 16.6. The first kappa shape index (κ1) is 18.5. The quantitative estimate of drug-likeness (QED) is 0.491. The van der Waals surface area contributed by atoms with Crippen molar-refractivity contribution in [1.29, 1.82) is 0 Å². The number of hydrogen-bond donors (Lipinski definition) is 3. The van der Waals surface area contributed by atoms with Crippen LogP contribution in [0.3, 0.4) is 0 Å². The number of rotatable bonds is 4. The van der Waals surface area contributed by atoms with Crippen LogP contribution in [0.2, 0.25) is 0 Å². The molecule has 3 N–H and O–H groups in total. The molecule has 6 heteroatoms. The Morgan fingerprint density at radius 3 is 2.50 bits per heavy atom. The highest BCUT2D eigenvalue weighted by Gasteiger charge is 2.22. The standard InChI is InChI=1S/C24H23N3O3/c28-19-8-6-18(7-9-19)27-13-11-26(12-14-27)16-24(29)25-17-5-10-23-21(15-17)20-3-1-2-4-22(20)30-23/h1-10,15,28H,11-14,16H2,(H,25,29)/p+1. The molecule has 5 rings (SSSR count). The Labute approximate surface area is 174 Å². The third-order valence-corrected chi connectivity index (χ3v) is 5.76. The molecule has 0 aliphatic carbocycles. The van der Waals surface area contributed by atoms with Gasteiger partial charge in [-0.25, -0.2) is 0 Å². The molecule has 0 unspecified atom stereocenters. The Kier molecular flexibility index (Phi) is 4.77. The van der Waals surface area contributed by atoms with Gasteiger partial charge in [0.15, 0.2) is 6.54 Å². The summed E-state index contributed by atoms with van der Waals surface area (Å²) in [7, 11) is 0. The van der Waals surface area contributed by atoms with Crippen LogP contribution in [-0.2, 0) is 4.79 Å². The Hall–Kier alpha value is -3.51. The van der Waals surface area contributed by atoms with Crippen molar-refractivity contribution < 1.29 is 19.2 Å². The second-order valence-electron chi connectivity index (χ2n) is 7.79. The van der Waals surface area contributed by atoms with Crippen LogP contribution >= 0.6 is 0 Å². The number of anilines is 2. The molecule has 152 valence electrons. The fourth-order valence-electron chi connectivity index (χ4n) is 4.16. The minimum atomic E-state index is 0.0234. The third kappa shape index (κ3) is 3.69. The van der Waals surface area contributed by atoms with Gasteiger partial charge in [-0.1, -0.05) is 18.2 Å². The fraction of sp³-hybridized carbons (Fsp3) is 0.208. The van der Waals surface area contributed by atoms with E-state index in [0.29, 0.717) is 6.54 Å². The Balaban J connectivity index is 1.20. The van der Waals surface area contributed by atoms with Crippen LogP contribution < -0.4 is 15.1 Å². The summed E-state index contributed by atoms with van der Waals surface area (Å²) in [5, 5.41) is 14.6. The predicted molar refractivity (Wildman–Crippen MR) is 118 cm³/mol. The lowest BCUT2D eigenvalue weighted by Crippen LogP contribution is -3.15. The molecule has 1 aliphatic rings. The van der Waals surface area contributed by atoms with Crippen LogP contribution in [0.4, 0.5) is 11.4 Å². The molecule has 1 fully saturated rings. The summed E-state index contributed by atoms with van der Waals surface area (Å²) in [4.78, 5) is 16.2. The van der Waals surface area contributed by atoms with E-state index in [-0.39, 0.29) is 11.7 Å². The van der Waals surface area contributed by atoms with Gasteiger partial charge in [0.1, 0.15) is 16.9 Å². The zero-order chi connectivity index (χ0) is 20.5. The summed E-state index contributed by atoms with van der Waals surface area (Å²) >= 11 is 0. The molecule has 1 amide bonds. The molecule has 4 aromatic rings.